The van der Waals surface area contributed by atoms with Gasteiger partial charge in [0.25, 0.3) is 0 Å². The number of carbonyl (C=O) groups excluding carboxylic acids is 3. The Kier molecular flexibility index (Phi) is 28.5. The van der Waals surface area contributed by atoms with Crippen LogP contribution in [-0.2, 0) is 14.4 Å². The third kappa shape index (κ3) is 15.5. The Morgan fingerprint density at radius 3 is 0.676 bits per heavy atom. The average Bonchev–Trinajstić information content (AvgIpc) is 2.87. The van der Waals surface area contributed by atoms with Crippen molar-refractivity contribution in [2.24, 2.45) is 16.2 Å². The summed E-state index contributed by atoms with van der Waals surface area (Å²) in [5, 5.41) is 32.6. The van der Waals surface area contributed by atoms with E-state index in [4.69, 9.17) is 0 Å². The Labute approximate surface area is 247 Å². The minimum Gasteiger partial charge on any atom is -0.550 e. The number of hydrogen-bond acceptors (Lipinski definition) is 6. The molecule has 0 saturated carbocycles. The van der Waals surface area contributed by atoms with Crippen LogP contribution in [0.1, 0.15) is 159 Å². The number of carbonyl (C=O) groups is 3. The van der Waals surface area contributed by atoms with E-state index in [9.17, 15) is 29.7 Å². The van der Waals surface area contributed by atoms with E-state index in [1.54, 1.807) is 0 Å². The SMILES string of the molecule is CCCCC(CC)(CC)C(=O)[O-].CCCCC(CC)(CC)C(=O)[O-].CCCCC(CC)(CC)C(=O)[O-].[In+3]. The fourth-order valence-electron chi connectivity index (χ4n) is 4.53. The number of aliphatic carboxylic acids is 3. The van der Waals surface area contributed by atoms with Gasteiger partial charge in [0.1, 0.15) is 0 Å². The third-order valence-electron chi connectivity index (χ3n) is 8.39. The summed E-state index contributed by atoms with van der Waals surface area (Å²) < 4.78 is 0. The molecule has 0 aromatic carbocycles. The van der Waals surface area contributed by atoms with E-state index in [0.717, 1.165) is 57.8 Å². The first kappa shape index (κ1) is 43.3. The molecule has 0 unspecified atom stereocenters. The summed E-state index contributed by atoms with van der Waals surface area (Å²) >= 11 is 0. The predicted octanol–water partition coefficient (Wildman–Crippen LogP) is 4.82. The van der Waals surface area contributed by atoms with Crippen LogP contribution in [0.3, 0.4) is 0 Å². The van der Waals surface area contributed by atoms with Gasteiger partial charge >= 0.3 is 25.8 Å². The maximum absolute atomic E-state index is 10.9. The van der Waals surface area contributed by atoms with Crippen molar-refractivity contribution in [2.45, 2.75) is 159 Å². The molecule has 0 saturated heterocycles. The zero-order chi connectivity index (χ0) is 28.8. The molecular weight excluding hydrogens is 571 g/mol. The van der Waals surface area contributed by atoms with Gasteiger partial charge in [0.05, 0.1) is 0 Å². The van der Waals surface area contributed by atoms with Crippen LogP contribution in [0.2, 0.25) is 0 Å². The Morgan fingerprint density at radius 2 is 0.595 bits per heavy atom. The van der Waals surface area contributed by atoms with Crippen LogP contribution in [0.25, 0.3) is 0 Å². The van der Waals surface area contributed by atoms with Crippen LogP contribution in [0, 0.1) is 16.2 Å². The smallest absolute Gasteiger partial charge is 0.550 e. The summed E-state index contributed by atoms with van der Waals surface area (Å²) in [5.41, 5.74) is -1.68. The van der Waals surface area contributed by atoms with Gasteiger partial charge in [0.15, 0.2) is 0 Å². The fraction of sp³-hybridized carbons (Fsp3) is 0.900. The Balaban J connectivity index is -0.000000218. The molecule has 0 aliphatic rings. The normalized spacial score (nSPS) is 11.3. The molecule has 0 atom stereocenters. The van der Waals surface area contributed by atoms with Crippen molar-refractivity contribution in [3.05, 3.63) is 0 Å². The van der Waals surface area contributed by atoms with E-state index in [1.165, 1.54) is 0 Å². The predicted molar refractivity (Wildman–Crippen MR) is 148 cm³/mol. The van der Waals surface area contributed by atoms with Gasteiger partial charge in [-0.1, -0.05) is 101 Å². The third-order valence-corrected chi connectivity index (χ3v) is 8.39. The van der Waals surface area contributed by atoms with E-state index in [1.807, 2.05) is 41.5 Å². The van der Waals surface area contributed by atoms with Gasteiger partial charge in [0.2, 0.25) is 0 Å². The van der Waals surface area contributed by atoms with Gasteiger partial charge in [-0.3, -0.25) is 0 Å². The Morgan fingerprint density at radius 1 is 0.432 bits per heavy atom. The molecule has 37 heavy (non-hydrogen) atoms. The molecule has 0 N–H and O–H groups in total. The van der Waals surface area contributed by atoms with Crippen LogP contribution in [-0.4, -0.2) is 43.8 Å². The van der Waals surface area contributed by atoms with Gasteiger partial charge in [-0.05, 0) is 57.8 Å². The van der Waals surface area contributed by atoms with E-state index < -0.39 is 34.2 Å². The summed E-state index contributed by atoms with van der Waals surface area (Å²) in [6.45, 7) is 17.8. The average molecular weight is 629 g/mol. The largest absolute Gasteiger partial charge is 3.00 e. The summed E-state index contributed by atoms with van der Waals surface area (Å²) in [6, 6.07) is 0. The number of carboxylic acid groups (broad SMARTS) is 3. The van der Waals surface area contributed by atoms with Gasteiger partial charge in [-0.2, -0.15) is 0 Å². The van der Waals surface area contributed by atoms with E-state index >= 15 is 0 Å². The second-order valence-corrected chi connectivity index (χ2v) is 10.1. The minimum absolute atomic E-state index is 0. The molecule has 0 aliphatic carbocycles. The van der Waals surface area contributed by atoms with Gasteiger partial charge in [0, 0.05) is 34.2 Å². The molecule has 0 bridgehead atoms. The molecular formula is C30H57InO6. The molecule has 0 aromatic rings. The number of carboxylic acids is 3. The molecule has 0 aromatic heterocycles. The number of unbranched alkanes of at least 4 members (excludes halogenated alkanes) is 3. The molecule has 0 spiro atoms. The Bertz CT molecular complexity index is 498. The maximum Gasteiger partial charge on any atom is 3.00 e. The molecule has 0 amide bonds. The molecule has 0 heterocycles. The van der Waals surface area contributed by atoms with Crippen molar-refractivity contribution in [3.63, 3.8) is 0 Å². The quantitative estimate of drug-likeness (QED) is 0.215. The summed E-state index contributed by atoms with van der Waals surface area (Å²) in [4.78, 5) is 32.6. The van der Waals surface area contributed by atoms with Crippen LogP contribution in [0.4, 0.5) is 0 Å². The van der Waals surface area contributed by atoms with E-state index in [2.05, 4.69) is 20.8 Å². The summed E-state index contributed by atoms with van der Waals surface area (Å²) in [6.07, 6.45) is 12.5. The number of hydrogen-bond donors (Lipinski definition) is 0. The Hall–Kier alpha value is -0.720. The second kappa shape index (κ2) is 24.3. The second-order valence-electron chi connectivity index (χ2n) is 10.1. The van der Waals surface area contributed by atoms with Crippen molar-refractivity contribution in [2.75, 3.05) is 0 Å². The fourth-order valence-corrected chi connectivity index (χ4v) is 4.53. The van der Waals surface area contributed by atoms with Crippen molar-refractivity contribution >= 4 is 43.8 Å². The van der Waals surface area contributed by atoms with Gasteiger partial charge in [-0.15, -0.1) is 0 Å². The van der Waals surface area contributed by atoms with Gasteiger partial charge < -0.3 is 29.7 Å². The molecule has 0 radical (unpaired) electrons. The summed E-state index contributed by atoms with van der Waals surface area (Å²) in [7, 11) is 0. The molecule has 216 valence electrons. The minimum atomic E-state index is -0.874. The molecule has 0 fully saturated rings. The first-order valence-corrected chi connectivity index (χ1v) is 14.5. The van der Waals surface area contributed by atoms with E-state index in [-0.39, 0.29) is 25.8 Å². The van der Waals surface area contributed by atoms with Crippen LogP contribution < -0.4 is 15.3 Å². The van der Waals surface area contributed by atoms with Crippen molar-refractivity contribution in [1.82, 2.24) is 0 Å². The monoisotopic (exact) mass is 628 g/mol. The first-order valence-electron chi connectivity index (χ1n) is 14.5. The zero-order valence-electron chi connectivity index (χ0n) is 25.6. The molecule has 6 nitrogen and oxygen atoms in total. The topological polar surface area (TPSA) is 120 Å². The van der Waals surface area contributed by atoms with Crippen molar-refractivity contribution in [3.8, 4) is 0 Å². The van der Waals surface area contributed by atoms with Crippen LogP contribution >= 0.6 is 0 Å². The zero-order valence-corrected chi connectivity index (χ0v) is 28.9. The van der Waals surface area contributed by atoms with Gasteiger partial charge in [-0.25, -0.2) is 0 Å². The standard InChI is InChI=1S/3C10H20O2.In/c3*1-4-7-8-10(5-2,6-3)9(11)12;/h3*4-8H2,1-3H3,(H,11,12);/q;;;+3/p-3. The molecule has 0 rings (SSSR count). The maximum atomic E-state index is 10.9. The number of rotatable bonds is 18. The van der Waals surface area contributed by atoms with Crippen LogP contribution in [0.5, 0.6) is 0 Å². The van der Waals surface area contributed by atoms with Crippen LogP contribution in [0.15, 0.2) is 0 Å². The van der Waals surface area contributed by atoms with Crippen molar-refractivity contribution in [1.29, 1.82) is 0 Å². The first-order chi connectivity index (χ1) is 16.9. The van der Waals surface area contributed by atoms with Crippen molar-refractivity contribution < 1.29 is 29.7 Å². The van der Waals surface area contributed by atoms with E-state index in [0.29, 0.717) is 38.5 Å². The molecule has 0 aliphatic heterocycles. The molecule has 7 heteroatoms. The summed E-state index contributed by atoms with van der Waals surface area (Å²) in [5.74, 6) is -2.62.